The largest absolute Gasteiger partial charge is 0.399 e. The maximum atomic E-state index is 11.8. The quantitative estimate of drug-likeness (QED) is 0.822. The molecule has 1 aliphatic heterocycles. The van der Waals surface area contributed by atoms with Crippen molar-refractivity contribution in [3.8, 4) is 0 Å². The van der Waals surface area contributed by atoms with Crippen molar-refractivity contribution in [2.24, 2.45) is 0 Å². The molecule has 104 valence electrons. The minimum Gasteiger partial charge on any atom is -0.399 e. The van der Waals surface area contributed by atoms with Crippen LogP contribution >= 0.6 is 0 Å². The zero-order valence-electron chi connectivity index (χ0n) is 11.3. The van der Waals surface area contributed by atoms with Crippen molar-refractivity contribution in [1.82, 2.24) is 4.90 Å². The summed E-state index contributed by atoms with van der Waals surface area (Å²) in [5, 5.41) is 0. The van der Waals surface area contributed by atoms with Crippen molar-refractivity contribution in [2.75, 3.05) is 50.0 Å². The fraction of sp³-hybridized carbons (Fsp3) is 0.500. The molecule has 2 rings (SSSR count). The molecule has 1 aromatic rings. The summed E-state index contributed by atoms with van der Waals surface area (Å²) in [6.45, 7) is 5.80. The van der Waals surface area contributed by atoms with E-state index in [4.69, 9.17) is 10.5 Å². The first kappa shape index (κ1) is 13.7. The summed E-state index contributed by atoms with van der Waals surface area (Å²) in [4.78, 5) is 15.9. The van der Waals surface area contributed by atoms with E-state index >= 15 is 0 Å². The number of amides is 1. The standard InChI is InChI=1S/C14H21N3O2/c1-2-19-11-14(18)17-8-6-16(7-9-17)13-5-3-4-12(15)10-13/h3-5,10H,2,6-9,11,15H2,1H3. The van der Waals surface area contributed by atoms with Gasteiger partial charge in [0.1, 0.15) is 6.61 Å². The SMILES string of the molecule is CCOCC(=O)N1CCN(c2cccc(N)c2)CC1. The molecule has 1 heterocycles. The summed E-state index contributed by atoms with van der Waals surface area (Å²) in [5.74, 6) is 0.0778. The lowest BCUT2D eigenvalue weighted by Crippen LogP contribution is -2.49. The first-order chi connectivity index (χ1) is 9.20. The molecule has 0 saturated carbocycles. The minimum absolute atomic E-state index is 0.0778. The van der Waals surface area contributed by atoms with Crippen LogP contribution in [0.5, 0.6) is 0 Å². The number of benzene rings is 1. The fourth-order valence-electron chi connectivity index (χ4n) is 2.22. The van der Waals surface area contributed by atoms with Crippen LogP contribution in [0.1, 0.15) is 6.92 Å². The van der Waals surface area contributed by atoms with Crippen molar-refractivity contribution >= 4 is 17.3 Å². The monoisotopic (exact) mass is 263 g/mol. The van der Waals surface area contributed by atoms with Gasteiger partial charge in [-0.25, -0.2) is 0 Å². The average Bonchev–Trinajstić information content (AvgIpc) is 2.45. The van der Waals surface area contributed by atoms with Gasteiger partial charge < -0.3 is 20.3 Å². The number of nitrogens with two attached hydrogens (primary N) is 1. The highest BCUT2D eigenvalue weighted by molar-refractivity contribution is 5.77. The minimum atomic E-state index is 0.0778. The van der Waals surface area contributed by atoms with E-state index < -0.39 is 0 Å². The fourth-order valence-corrected chi connectivity index (χ4v) is 2.22. The number of hydrogen-bond donors (Lipinski definition) is 1. The highest BCUT2D eigenvalue weighted by Crippen LogP contribution is 2.19. The number of nitrogen functional groups attached to an aromatic ring is 1. The molecular formula is C14H21N3O2. The average molecular weight is 263 g/mol. The third kappa shape index (κ3) is 3.61. The molecule has 1 amide bonds. The first-order valence-electron chi connectivity index (χ1n) is 6.66. The number of piperazine rings is 1. The van der Waals surface area contributed by atoms with Crippen LogP contribution in [0.4, 0.5) is 11.4 Å². The summed E-state index contributed by atoms with van der Waals surface area (Å²) in [5.41, 5.74) is 7.68. The molecule has 1 fully saturated rings. The highest BCUT2D eigenvalue weighted by Gasteiger charge is 2.21. The van der Waals surface area contributed by atoms with Gasteiger partial charge in [0.2, 0.25) is 5.91 Å². The Hall–Kier alpha value is -1.75. The third-order valence-electron chi connectivity index (χ3n) is 3.30. The number of ether oxygens (including phenoxy) is 1. The second-order valence-electron chi connectivity index (χ2n) is 4.60. The Morgan fingerprint density at radius 2 is 2.05 bits per heavy atom. The van der Waals surface area contributed by atoms with Crippen LogP contribution in [0.2, 0.25) is 0 Å². The van der Waals surface area contributed by atoms with Gasteiger partial charge >= 0.3 is 0 Å². The molecule has 5 nitrogen and oxygen atoms in total. The molecule has 0 unspecified atom stereocenters. The molecule has 19 heavy (non-hydrogen) atoms. The molecule has 1 aliphatic rings. The van der Waals surface area contributed by atoms with E-state index in [0.29, 0.717) is 6.61 Å². The van der Waals surface area contributed by atoms with Crippen molar-refractivity contribution in [3.05, 3.63) is 24.3 Å². The molecule has 0 spiro atoms. The van der Waals surface area contributed by atoms with Gasteiger partial charge in [0.25, 0.3) is 0 Å². The van der Waals surface area contributed by atoms with Crippen LogP contribution in [0.15, 0.2) is 24.3 Å². The Bertz CT molecular complexity index is 428. The molecule has 0 bridgehead atoms. The van der Waals surface area contributed by atoms with Crippen LogP contribution in [-0.2, 0) is 9.53 Å². The number of carbonyl (C=O) groups is 1. The lowest BCUT2D eigenvalue weighted by Gasteiger charge is -2.36. The van der Waals surface area contributed by atoms with E-state index in [-0.39, 0.29) is 12.5 Å². The molecule has 2 N–H and O–H groups in total. The summed E-state index contributed by atoms with van der Waals surface area (Å²) >= 11 is 0. The van der Waals surface area contributed by atoms with Gasteiger partial charge in [-0.3, -0.25) is 4.79 Å². The molecular weight excluding hydrogens is 242 g/mol. The Balaban J connectivity index is 1.87. The topological polar surface area (TPSA) is 58.8 Å². The highest BCUT2D eigenvalue weighted by atomic mass is 16.5. The normalized spacial score (nSPS) is 15.6. The number of hydrogen-bond acceptors (Lipinski definition) is 4. The maximum absolute atomic E-state index is 11.8. The van der Waals surface area contributed by atoms with E-state index in [1.807, 2.05) is 36.1 Å². The zero-order chi connectivity index (χ0) is 13.7. The molecule has 0 aromatic heterocycles. The van der Waals surface area contributed by atoms with E-state index in [9.17, 15) is 4.79 Å². The van der Waals surface area contributed by atoms with Gasteiger partial charge in [-0.1, -0.05) is 6.07 Å². The number of rotatable bonds is 4. The predicted molar refractivity (Wildman–Crippen MR) is 76.1 cm³/mol. The summed E-state index contributed by atoms with van der Waals surface area (Å²) in [6.07, 6.45) is 0. The Kier molecular flexibility index (Phi) is 4.63. The number of anilines is 2. The number of carbonyl (C=O) groups excluding carboxylic acids is 1. The Morgan fingerprint density at radius 1 is 1.32 bits per heavy atom. The third-order valence-corrected chi connectivity index (χ3v) is 3.30. The Labute approximate surface area is 113 Å². The molecule has 1 aromatic carbocycles. The van der Waals surface area contributed by atoms with Crippen molar-refractivity contribution in [2.45, 2.75) is 6.92 Å². The van der Waals surface area contributed by atoms with E-state index in [0.717, 1.165) is 37.6 Å². The second kappa shape index (κ2) is 6.43. The van der Waals surface area contributed by atoms with Gasteiger partial charge in [-0.05, 0) is 25.1 Å². The predicted octanol–water partition coefficient (Wildman–Crippen LogP) is 0.954. The molecule has 0 radical (unpaired) electrons. The van der Waals surface area contributed by atoms with Crippen LogP contribution in [-0.4, -0.2) is 50.2 Å². The summed E-state index contributed by atoms with van der Waals surface area (Å²) in [6, 6.07) is 7.86. The van der Waals surface area contributed by atoms with Crippen molar-refractivity contribution < 1.29 is 9.53 Å². The van der Waals surface area contributed by atoms with Crippen molar-refractivity contribution in [1.29, 1.82) is 0 Å². The van der Waals surface area contributed by atoms with Gasteiger partial charge in [0.15, 0.2) is 0 Å². The lowest BCUT2D eigenvalue weighted by atomic mass is 10.2. The molecule has 0 aliphatic carbocycles. The van der Waals surface area contributed by atoms with Crippen LogP contribution in [0.3, 0.4) is 0 Å². The second-order valence-corrected chi connectivity index (χ2v) is 4.60. The van der Waals surface area contributed by atoms with E-state index in [1.54, 1.807) is 0 Å². The summed E-state index contributed by atoms with van der Waals surface area (Å²) < 4.78 is 5.15. The zero-order valence-corrected chi connectivity index (χ0v) is 11.3. The smallest absolute Gasteiger partial charge is 0.248 e. The maximum Gasteiger partial charge on any atom is 0.248 e. The van der Waals surface area contributed by atoms with Gasteiger partial charge in [0.05, 0.1) is 0 Å². The number of nitrogens with zero attached hydrogens (tertiary/aromatic N) is 2. The van der Waals surface area contributed by atoms with Crippen molar-refractivity contribution in [3.63, 3.8) is 0 Å². The van der Waals surface area contributed by atoms with Crippen LogP contribution < -0.4 is 10.6 Å². The van der Waals surface area contributed by atoms with Crippen LogP contribution in [0, 0.1) is 0 Å². The molecule has 5 heteroatoms. The van der Waals surface area contributed by atoms with Gasteiger partial charge in [0, 0.05) is 44.2 Å². The van der Waals surface area contributed by atoms with Gasteiger partial charge in [-0.15, -0.1) is 0 Å². The van der Waals surface area contributed by atoms with Crippen LogP contribution in [0.25, 0.3) is 0 Å². The molecule has 1 saturated heterocycles. The Morgan fingerprint density at radius 3 is 2.68 bits per heavy atom. The lowest BCUT2D eigenvalue weighted by molar-refractivity contribution is -0.136. The molecule has 0 atom stereocenters. The van der Waals surface area contributed by atoms with Gasteiger partial charge in [-0.2, -0.15) is 0 Å². The van der Waals surface area contributed by atoms with E-state index in [2.05, 4.69) is 4.90 Å². The van der Waals surface area contributed by atoms with E-state index in [1.165, 1.54) is 0 Å². The summed E-state index contributed by atoms with van der Waals surface area (Å²) in [7, 11) is 0. The first-order valence-corrected chi connectivity index (χ1v) is 6.66.